The van der Waals surface area contributed by atoms with Crippen LogP contribution in [0.4, 0.5) is 5.69 Å². The lowest BCUT2D eigenvalue weighted by molar-refractivity contribution is 0.162. The van der Waals surface area contributed by atoms with E-state index in [2.05, 4.69) is 43.4 Å². The van der Waals surface area contributed by atoms with Crippen molar-refractivity contribution in [3.05, 3.63) is 29.8 Å². The molecule has 1 nitrogen and oxygen atoms in total. The molecular formula is C20H31N. The van der Waals surface area contributed by atoms with Crippen LogP contribution in [0.5, 0.6) is 0 Å². The molecule has 3 rings (SSSR count). The molecule has 0 saturated heterocycles. The largest absolute Gasteiger partial charge is 0.382 e. The van der Waals surface area contributed by atoms with E-state index in [9.17, 15) is 0 Å². The van der Waals surface area contributed by atoms with Gasteiger partial charge in [-0.1, -0.05) is 51.7 Å². The standard InChI is InChI=1S/C20H31N/c1-3-15(2)16-8-11-19(12-9-16)21-20-13-10-17-6-4-5-7-18(17)14-20/h8-9,11-12,15,17-18,20-21H,3-7,10,13-14H2,1-2H3. The van der Waals surface area contributed by atoms with E-state index in [0.29, 0.717) is 12.0 Å². The minimum atomic E-state index is 0.678. The summed E-state index contributed by atoms with van der Waals surface area (Å²) in [6, 6.07) is 9.90. The van der Waals surface area contributed by atoms with Crippen LogP contribution in [0.2, 0.25) is 0 Å². The monoisotopic (exact) mass is 285 g/mol. The summed E-state index contributed by atoms with van der Waals surface area (Å²) in [5.41, 5.74) is 2.79. The van der Waals surface area contributed by atoms with Gasteiger partial charge < -0.3 is 5.32 Å². The molecule has 0 heterocycles. The fourth-order valence-electron chi connectivity index (χ4n) is 4.38. The summed E-state index contributed by atoms with van der Waals surface area (Å²) in [7, 11) is 0. The predicted octanol–water partition coefficient (Wildman–Crippen LogP) is 5.97. The Morgan fingerprint density at radius 2 is 1.71 bits per heavy atom. The highest BCUT2D eigenvalue weighted by atomic mass is 14.9. The maximum Gasteiger partial charge on any atom is 0.0342 e. The van der Waals surface area contributed by atoms with Gasteiger partial charge in [0.05, 0.1) is 0 Å². The summed E-state index contributed by atoms with van der Waals surface area (Å²) in [6.07, 6.45) is 11.4. The van der Waals surface area contributed by atoms with Gasteiger partial charge in [0.15, 0.2) is 0 Å². The number of hydrogen-bond donors (Lipinski definition) is 1. The Balaban J connectivity index is 1.56. The maximum atomic E-state index is 3.80. The fraction of sp³-hybridized carbons (Fsp3) is 0.700. The van der Waals surface area contributed by atoms with Crippen molar-refractivity contribution in [3.63, 3.8) is 0 Å². The Morgan fingerprint density at radius 1 is 1.00 bits per heavy atom. The van der Waals surface area contributed by atoms with E-state index in [-0.39, 0.29) is 0 Å². The van der Waals surface area contributed by atoms with Crippen LogP contribution >= 0.6 is 0 Å². The van der Waals surface area contributed by atoms with Gasteiger partial charge in [0.2, 0.25) is 0 Å². The van der Waals surface area contributed by atoms with Crippen LogP contribution in [0.25, 0.3) is 0 Å². The van der Waals surface area contributed by atoms with Gasteiger partial charge in [-0.2, -0.15) is 0 Å². The van der Waals surface area contributed by atoms with Gasteiger partial charge in [0.1, 0.15) is 0 Å². The van der Waals surface area contributed by atoms with Crippen LogP contribution in [0.3, 0.4) is 0 Å². The SMILES string of the molecule is CCC(C)c1ccc(NC2CCC3CCCCC3C2)cc1. The first-order valence-corrected chi connectivity index (χ1v) is 9.12. The number of anilines is 1. The quantitative estimate of drug-likeness (QED) is 0.718. The summed E-state index contributed by atoms with van der Waals surface area (Å²) >= 11 is 0. The average molecular weight is 285 g/mol. The number of benzene rings is 1. The van der Waals surface area contributed by atoms with Crippen LogP contribution in [-0.4, -0.2) is 6.04 Å². The third-order valence-corrected chi connectivity index (χ3v) is 6.00. The van der Waals surface area contributed by atoms with E-state index in [1.54, 1.807) is 0 Å². The molecule has 0 amide bonds. The second-order valence-electron chi connectivity index (χ2n) is 7.39. The number of nitrogens with one attached hydrogen (secondary N) is 1. The molecule has 0 aromatic heterocycles. The molecule has 4 atom stereocenters. The van der Waals surface area contributed by atoms with Crippen LogP contribution in [0.15, 0.2) is 24.3 Å². The Bertz CT molecular complexity index is 436. The molecule has 0 aliphatic heterocycles. The molecule has 2 saturated carbocycles. The van der Waals surface area contributed by atoms with Crippen molar-refractivity contribution in [1.82, 2.24) is 0 Å². The third kappa shape index (κ3) is 3.62. The molecule has 2 fully saturated rings. The molecule has 1 aromatic carbocycles. The average Bonchev–Trinajstić information content (AvgIpc) is 2.55. The van der Waals surface area contributed by atoms with Crippen LogP contribution < -0.4 is 5.32 Å². The first kappa shape index (κ1) is 14.9. The summed E-state index contributed by atoms with van der Waals surface area (Å²) in [6.45, 7) is 4.58. The molecule has 2 aliphatic rings. The van der Waals surface area contributed by atoms with Gasteiger partial charge in [-0.3, -0.25) is 0 Å². The van der Waals surface area contributed by atoms with Crippen molar-refractivity contribution in [2.24, 2.45) is 11.8 Å². The number of rotatable bonds is 4. The first-order valence-electron chi connectivity index (χ1n) is 9.12. The van der Waals surface area contributed by atoms with E-state index < -0.39 is 0 Å². The second kappa shape index (κ2) is 6.85. The highest BCUT2D eigenvalue weighted by Gasteiger charge is 2.31. The molecule has 1 aromatic rings. The molecule has 0 spiro atoms. The second-order valence-corrected chi connectivity index (χ2v) is 7.39. The van der Waals surface area contributed by atoms with Gasteiger partial charge in [0, 0.05) is 11.7 Å². The van der Waals surface area contributed by atoms with E-state index in [4.69, 9.17) is 0 Å². The summed E-state index contributed by atoms with van der Waals surface area (Å²) in [4.78, 5) is 0. The molecule has 1 N–H and O–H groups in total. The van der Waals surface area contributed by atoms with Gasteiger partial charge in [-0.15, -0.1) is 0 Å². The number of fused-ring (bicyclic) bond motifs is 1. The smallest absolute Gasteiger partial charge is 0.0342 e. The first-order chi connectivity index (χ1) is 10.3. The van der Waals surface area contributed by atoms with Gasteiger partial charge in [-0.05, 0) is 61.1 Å². The van der Waals surface area contributed by atoms with E-state index in [0.717, 1.165) is 11.8 Å². The fourth-order valence-corrected chi connectivity index (χ4v) is 4.38. The molecule has 0 radical (unpaired) electrons. The van der Waals surface area contributed by atoms with Crippen molar-refractivity contribution in [2.75, 3.05) is 5.32 Å². The van der Waals surface area contributed by atoms with Crippen molar-refractivity contribution in [2.45, 2.75) is 77.2 Å². The highest BCUT2D eigenvalue weighted by Crippen LogP contribution is 2.41. The van der Waals surface area contributed by atoms with Gasteiger partial charge >= 0.3 is 0 Å². The lowest BCUT2D eigenvalue weighted by Crippen LogP contribution is -2.34. The predicted molar refractivity (Wildman–Crippen MR) is 91.9 cm³/mol. The van der Waals surface area contributed by atoms with Gasteiger partial charge in [-0.25, -0.2) is 0 Å². The van der Waals surface area contributed by atoms with Crippen LogP contribution in [0.1, 0.15) is 76.7 Å². The molecular weight excluding hydrogens is 254 g/mol. The third-order valence-electron chi connectivity index (χ3n) is 6.00. The molecule has 1 heteroatoms. The zero-order chi connectivity index (χ0) is 14.7. The maximum absolute atomic E-state index is 3.80. The lowest BCUT2D eigenvalue weighted by atomic mass is 9.69. The summed E-state index contributed by atoms with van der Waals surface area (Å²) in [5.74, 6) is 2.73. The minimum absolute atomic E-state index is 0.678. The molecule has 0 bridgehead atoms. The molecule has 21 heavy (non-hydrogen) atoms. The Hall–Kier alpha value is -0.980. The Kier molecular flexibility index (Phi) is 4.87. The lowest BCUT2D eigenvalue weighted by Gasteiger charge is -2.39. The van der Waals surface area contributed by atoms with E-state index in [1.807, 2.05) is 0 Å². The van der Waals surface area contributed by atoms with Crippen molar-refractivity contribution >= 4 is 5.69 Å². The summed E-state index contributed by atoms with van der Waals surface area (Å²) in [5, 5.41) is 3.80. The molecule has 4 unspecified atom stereocenters. The van der Waals surface area contributed by atoms with Crippen molar-refractivity contribution < 1.29 is 0 Å². The highest BCUT2D eigenvalue weighted by molar-refractivity contribution is 5.46. The molecule has 2 aliphatic carbocycles. The van der Waals surface area contributed by atoms with E-state index in [1.165, 1.54) is 62.6 Å². The summed E-state index contributed by atoms with van der Waals surface area (Å²) < 4.78 is 0. The zero-order valence-corrected chi connectivity index (χ0v) is 13.8. The minimum Gasteiger partial charge on any atom is -0.382 e. The van der Waals surface area contributed by atoms with E-state index >= 15 is 0 Å². The van der Waals surface area contributed by atoms with Crippen molar-refractivity contribution in [3.8, 4) is 0 Å². The van der Waals surface area contributed by atoms with Crippen molar-refractivity contribution in [1.29, 1.82) is 0 Å². The zero-order valence-electron chi connectivity index (χ0n) is 13.8. The normalized spacial score (nSPS) is 30.5. The topological polar surface area (TPSA) is 12.0 Å². The van der Waals surface area contributed by atoms with Crippen LogP contribution in [0, 0.1) is 11.8 Å². The molecule has 116 valence electrons. The Labute approximate surface area is 130 Å². The Morgan fingerprint density at radius 3 is 2.43 bits per heavy atom. The van der Waals surface area contributed by atoms with Crippen LogP contribution in [-0.2, 0) is 0 Å². The number of hydrogen-bond acceptors (Lipinski definition) is 1. The van der Waals surface area contributed by atoms with Gasteiger partial charge in [0.25, 0.3) is 0 Å².